The number of rotatable bonds is 4. The van der Waals surface area contributed by atoms with Crippen LogP contribution in [0, 0.1) is 10.1 Å². The van der Waals surface area contributed by atoms with Crippen molar-refractivity contribution in [1.82, 2.24) is 0 Å². The van der Waals surface area contributed by atoms with E-state index in [9.17, 15) is 14.9 Å². The molecule has 8 heteroatoms. The minimum atomic E-state index is -0.448. The molecule has 0 aliphatic carbocycles. The summed E-state index contributed by atoms with van der Waals surface area (Å²) in [6.07, 6.45) is 1.37. The average Bonchev–Trinajstić information content (AvgIpc) is 2.68. The number of anilines is 2. The van der Waals surface area contributed by atoms with Gasteiger partial charge in [0.2, 0.25) is 0 Å². The normalized spacial score (nSPS) is 21.6. The molecule has 27 heavy (non-hydrogen) atoms. The first-order valence-electron chi connectivity index (χ1n) is 8.78. The van der Waals surface area contributed by atoms with Crippen molar-refractivity contribution >= 4 is 23.0 Å². The van der Waals surface area contributed by atoms with Crippen LogP contribution in [0.3, 0.4) is 0 Å². The highest BCUT2D eigenvalue weighted by molar-refractivity contribution is 5.96. The van der Waals surface area contributed by atoms with Crippen molar-refractivity contribution in [2.45, 2.75) is 25.0 Å². The zero-order valence-corrected chi connectivity index (χ0v) is 14.5. The Morgan fingerprint density at radius 3 is 2.81 bits per heavy atom. The first-order chi connectivity index (χ1) is 13.1. The lowest BCUT2D eigenvalue weighted by Crippen LogP contribution is -2.30. The van der Waals surface area contributed by atoms with Crippen LogP contribution in [0.1, 0.15) is 24.5 Å². The predicted molar refractivity (Wildman–Crippen MR) is 99.0 cm³/mol. The van der Waals surface area contributed by atoms with Gasteiger partial charge in [-0.15, -0.1) is 0 Å². The quantitative estimate of drug-likeness (QED) is 0.633. The van der Waals surface area contributed by atoms with Crippen molar-refractivity contribution in [3.8, 4) is 5.75 Å². The molecule has 2 aliphatic heterocycles. The molecule has 2 heterocycles. The maximum Gasteiger partial charge on any atom is 0.296 e. The van der Waals surface area contributed by atoms with Crippen LogP contribution >= 0.6 is 0 Å². The summed E-state index contributed by atoms with van der Waals surface area (Å²) >= 11 is 0. The summed E-state index contributed by atoms with van der Waals surface area (Å²) in [7, 11) is 0. The van der Waals surface area contributed by atoms with E-state index in [1.807, 2.05) is 30.3 Å². The number of nitrogens with zero attached hydrogens (tertiary/aromatic N) is 1. The first-order valence-corrected chi connectivity index (χ1v) is 8.78. The molecule has 1 saturated heterocycles. The van der Waals surface area contributed by atoms with Gasteiger partial charge in [0.1, 0.15) is 5.69 Å². The monoisotopic (exact) mass is 369 g/mol. The van der Waals surface area contributed by atoms with E-state index in [2.05, 4.69) is 10.6 Å². The van der Waals surface area contributed by atoms with Crippen LogP contribution in [0.5, 0.6) is 5.75 Å². The van der Waals surface area contributed by atoms with Gasteiger partial charge in [0.25, 0.3) is 11.6 Å². The summed E-state index contributed by atoms with van der Waals surface area (Å²) in [6, 6.07) is 12.8. The van der Waals surface area contributed by atoms with Crippen LogP contribution in [0.15, 0.2) is 42.5 Å². The highest BCUT2D eigenvalue weighted by atomic mass is 16.6. The molecule has 0 aromatic heterocycles. The lowest BCUT2D eigenvalue weighted by molar-refractivity contribution is -0.384. The number of benzene rings is 2. The van der Waals surface area contributed by atoms with Gasteiger partial charge in [0.05, 0.1) is 22.8 Å². The van der Waals surface area contributed by atoms with Crippen LogP contribution in [-0.4, -0.2) is 30.1 Å². The standard InChI is InChI=1S/C19H19N3O5/c23-19-11-27-18-10-16(22(24)25)14(9-15(18)21-19)20-13-6-7-26-17(8-13)12-4-2-1-3-5-12/h1-5,9-10,13,17,20H,6-8,11H2,(H,21,23). The smallest absolute Gasteiger partial charge is 0.296 e. The molecule has 2 aromatic carbocycles. The van der Waals surface area contributed by atoms with Crippen LogP contribution in [0.25, 0.3) is 0 Å². The largest absolute Gasteiger partial charge is 0.481 e. The van der Waals surface area contributed by atoms with Crippen molar-refractivity contribution < 1.29 is 19.2 Å². The SMILES string of the molecule is O=C1COc2cc([N+](=O)[O-])c(NC3CCOC(c4ccccc4)C3)cc2N1. The van der Waals surface area contributed by atoms with Crippen molar-refractivity contribution in [2.75, 3.05) is 23.8 Å². The molecule has 140 valence electrons. The summed E-state index contributed by atoms with van der Waals surface area (Å²) < 4.78 is 11.1. The number of carbonyl (C=O) groups excluding carboxylic acids is 1. The van der Waals surface area contributed by atoms with Gasteiger partial charge in [-0.25, -0.2) is 0 Å². The van der Waals surface area contributed by atoms with Gasteiger partial charge in [-0.05, 0) is 24.5 Å². The lowest BCUT2D eigenvalue weighted by Gasteiger charge is -2.31. The predicted octanol–water partition coefficient (Wildman–Crippen LogP) is 3.26. The summed E-state index contributed by atoms with van der Waals surface area (Å²) in [5.74, 6) is 0.0264. The maximum absolute atomic E-state index is 11.5. The Bertz CT molecular complexity index is 871. The molecule has 2 atom stereocenters. The van der Waals surface area contributed by atoms with Gasteiger partial charge in [-0.1, -0.05) is 30.3 Å². The third-order valence-electron chi connectivity index (χ3n) is 4.74. The second-order valence-electron chi connectivity index (χ2n) is 6.60. The number of carbonyl (C=O) groups is 1. The summed E-state index contributed by atoms with van der Waals surface area (Å²) in [4.78, 5) is 22.6. The van der Waals surface area contributed by atoms with Crippen LogP contribution in [0.4, 0.5) is 17.1 Å². The lowest BCUT2D eigenvalue weighted by atomic mass is 9.97. The Morgan fingerprint density at radius 1 is 1.22 bits per heavy atom. The van der Waals surface area contributed by atoms with Gasteiger partial charge in [0, 0.05) is 12.6 Å². The number of amides is 1. The third kappa shape index (κ3) is 3.70. The number of fused-ring (bicyclic) bond motifs is 1. The molecule has 0 radical (unpaired) electrons. The Balaban J connectivity index is 1.57. The zero-order valence-electron chi connectivity index (χ0n) is 14.5. The van der Waals surface area contributed by atoms with Crippen molar-refractivity contribution in [3.63, 3.8) is 0 Å². The number of hydrogen-bond donors (Lipinski definition) is 2. The van der Waals surface area contributed by atoms with E-state index in [0.29, 0.717) is 30.2 Å². The van der Waals surface area contributed by atoms with Crippen molar-refractivity contribution in [2.24, 2.45) is 0 Å². The topological polar surface area (TPSA) is 103 Å². The van der Waals surface area contributed by atoms with E-state index in [1.54, 1.807) is 6.07 Å². The van der Waals surface area contributed by atoms with Gasteiger partial charge in [0.15, 0.2) is 12.4 Å². The minimum absolute atomic E-state index is 0.0147. The fourth-order valence-electron chi connectivity index (χ4n) is 3.43. The Labute approximate surface area is 155 Å². The van der Waals surface area contributed by atoms with Crippen molar-refractivity contribution in [1.29, 1.82) is 0 Å². The Morgan fingerprint density at radius 2 is 2.04 bits per heavy atom. The molecular formula is C19H19N3O5. The summed E-state index contributed by atoms with van der Waals surface area (Å²) in [5.41, 5.74) is 1.81. The average molecular weight is 369 g/mol. The molecular weight excluding hydrogens is 350 g/mol. The molecule has 0 spiro atoms. The molecule has 8 nitrogen and oxygen atoms in total. The van der Waals surface area contributed by atoms with Gasteiger partial charge < -0.3 is 20.1 Å². The third-order valence-corrected chi connectivity index (χ3v) is 4.74. The number of nitrogens with one attached hydrogen (secondary N) is 2. The Kier molecular flexibility index (Phi) is 4.64. The van der Waals surface area contributed by atoms with Crippen molar-refractivity contribution in [3.05, 3.63) is 58.1 Å². The van der Waals surface area contributed by atoms with Crippen LogP contribution < -0.4 is 15.4 Å². The van der Waals surface area contributed by atoms with E-state index in [1.165, 1.54) is 6.07 Å². The minimum Gasteiger partial charge on any atom is -0.481 e. The number of hydrogen-bond acceptors (Lipinski definition) is 6. The first kappa shape index (κ1) is 17.3. The highest BCUT2D eigenvalue weighted by Gasteiger charge is 2.28. The van der Waals surface area contributed by atoms with E-state index in [4.69, 9.17) is 9.47 Å². The maximum atomic E-state index is 11.5. The molecule has 0 saturated carbocycles. The molecule has 2 unspecified atom stereocenters. The molecule has 2 aliphatic rings. The van der Waals surface area contributed by atoms with E-state index >= 15 is 0 Å². The fraction of sp³-hybridized carbons (Fsp3) is 0.316. The van der Waals surface area contributed by atoms with Gasteiger partial charge in [-0.3, -0.25) is 14.9 Å². The Hall–Kier alpha value is -3.13. The molecule has 2 aromatic rings. The second-order valence-corrected chi connectivity index (χ2v) is 6.60. The molecule has 4 rings (SSSR count). The van der Waals surface area contributed by atoms with E-state index in [0.717, 1.165) is 12.0 Å². The summed E-state index contributed by atoms with van der Waals surface area (Å²) in [5, 5.41) is 17.5. The highest BCUT2D eigenvalue weighted by Crippen LogP contribution is 2.39. The van der Waals surface area contributed by atoms with Gasteiger partial charge in [-0.2, -0.15) is 0 Å². The molecule has 1 fully saturated rings. The molecule has 2 N–H and O–H groups in total. The number of nitro groups is 1. The van der Waals surface area contributed by atoms with Crippen LogP contribution in [0.2, 0.25) is 0 Å². The second kappa shape index (κ2) is 7.24. The van der Waals surface area contributed by atoms with Gasteiger partial charge >= 0.3 is 0 Å². The van der Waals surface area contributed by atoms with E-state index in [-0.39, 0.29) is 30.3 Å². The molecule has 1 amide bonds. The fourth-order valence-corrected chi connectivity index (χ4v) is 3.43. The zero-order chi connectivity index (χ0) is 18.8. The van der Waals surface area contributed by atoms with E-state index < -0.39 is 4.92 Å². The summed E-state index contributed by atoms with van der Waals surface area (Å²) in [6.45, 7) is 0.422. The number of ether oxygens (including phenoxy) is 2. The molecule has 0 bridgehead atoms. The van der Waals surface area contributed by atoms with Crippen LogP contribution in [-0.2, 0) is 9.53 Å². The number of nitro benzene ring substituents is 1.